The van der Waals surface area contributed by atoms with Crippen LogP contribution in [0.5, 0.6) is 11.5 Å². The first-order chi connectivity index (χ1) is 19.2. The van der Waals surface area contributed by atoms with Gasteiger partial charge in [0, 0.05) is 33.3 Å². The molecule has 3 aliphatic heterocycles. The third kappa shape index (κ3) is 5.14. The quantitative estimate of drug-likeness (QED) is 0.548. The summed E-state index contributed by atoms with van der Waals surface area (Å²) in [4.78, 5) is 37.0. The molecule has 2 fully saturated rings. The molecule has 10 nitrogen and oxygen atoms in total. The summed E-state index contributed by atoms with van der Waals surface area (Å²) in [5.41, 5.74) is -1.30. The molecule has 41 heavy (non-hydrogen) atoms. The maximum atomic E-state index is 15.1. The summed E-state index contributed by atoms with van der Waals surface area (Å²) < 4.78 is 32.6. The lowest BCUT2D eigenvalue weighted by atomic mass is 9.97. The molecule has 12 heteroatoms. The number of ether oxygens (including phenoxy) is 3. The molecule has 0 spiro atoms. The van der Waals surface area contributed by atoms with Gasteiger partial charge < -0.3 is 34.0 Å². The Kier molecular flexibility index (Phi) is 7.48. The van der Waals surface area contributed by atoms with Crippen molar-refractivity contribution in [3.63, 3.8) is 0 Å². The second-order valence-corrected chi connectivity index (χ2v) is 12.5. The van der Waals surface area contributed by atoms with Crippen LogP contribution in [0.15, 0.2) is 18.2 Å². The van der Waals surface area contributed by atoms with Crippen molar-refractivity contribution >= 4 is 29.4 Å². The molecule has 0 radical (unpaired) electrons. The Morgan fingerprint density at radius 1 is 1.22 bits per heavy atom. The number of amides is 2. The van der Waals surface area contributed by atoms with Crippen LogP contribution in [-0.2, 0) is 9.47 Å². The largest absolute Gasteiger partial charge is 0.507 e. The Bertz CT molecular complexity index is 1360. The number of piperazine rings is 1. The van der Waals surface area contributed by atoms with Gasteiger partial charge in [0.2, 0.25) is 0 Å². The van der Waals surface area contributed by atoms with Crippen LogP contribution in [0.4, 0.5) is 15.0 Å². The highest BCUT2D eigenvalue weighted by molar-refractivity contribution is 6.35. The topological polar surface area (TPSA) is 105 Å². The zero-order valence-corrected chi connectivity index (χ0v) is 24.9. The van der Waals surface area contributed by atoms with E-state index in [1.54, 1.807) is 37.7 Å². The Hall–Kier alpha value is -3.31. The van der Waals surface area contributed by atoms with E-state index < -0.39 is 29.1 Å². The number of pyridine rings is 1. The maximum absolute atomic E-state index is 15.1. The molecule has 2 unspecified atom stereocenters. The number of carbonyl (C=O) groups is 2. The fourth-order valence-corrected chi connectivity index (χ4v) is 6.18. The van der Waals surface area contributed by atoms with Gasteiger partial charge in [-0.15, -0.1) is 0 Å². The molecule has 1 aromatic heterocycles. The fourth-order valence-electron chi connectivity index (χ4n) is 5.89. The molecule has 222 valence electrons. The Balaban J connectivity index is 1.62. The average Bonchev–Trinajstić information content (AvgIpc) is 3.11. The zero-order chi connectivity index (χ0) is 29.9. The predicted octanol–water partition coefficient (Wildman–Crippen LogP) is 4.70. The lowest BCUT2D eigenvalue weighted by Gasteiger charge is -2.40. The first-order valence-corrected chi connectivity index (χ1v) is 14.1. The van der Waals surface area contributed by atoms with E-state index in [9.17, 15) is 14.7 Å². The molecule has 4 heterocycles. The third-order valence-electron chi connectivity index (χ3n) is 7.97. The fraction of sp³-hybridized carbons (Fsp3) is 0.552. The van der Waals surface area contributed by atoms with Gasteiger partial charge in [-0.2, -0.15) is 0 Å². The highest BCUT2D eigenvalue weighted by atomic mass is 35.5. The molecule has 2 saturated heterocycles. The number of nitrogens with zero attached hydrogens (tertiary/aromatic N) is 4. The zero-order valence-electron chi connectivity index (χ0n) is 24.2. The summed E-state index contributed by atoms with van der Waals surface area (Å²) >= 11 is 6.83. The van der Waals surface area contributed by atoms with Crippen molar-refractivity contribution in [2.45, 2.75) is 64.3 Å². The highest BCUT2D eigenvalue weighted by Gasteiger charge is 2.47. The Labute approximate surface area is 243 Å². The number of hydrogen-bond donors (Lipinski definition) is 1. The van der Waals surface area contributed by atoms with Crippen molar-refractivity contribution < 1.29 is 33.3 Å². The number of carbonyl (C=O) groups excluding carboxylic acids is 2. The SMILES string of the molecule is COC1CCN(c2nc(-c3c(O)cccc3F)c(Cl)c3c2C(=O)N2CCN(C(=O)OC(C)(C)C)CC2CO3)C1(C)C. The number of methoxy groups -OCH3 is 1. The molecule has 0 bridgehead atoms. The molecule has 1 aromatic carbocycles. The average molecular weight is 591 g/mol. The van der Waals surface area contributed by atoms with E-state index in [-0.39, 0.29) is 77.4 Å². The Morgan fingerprint density at radius 3 is 2.59 bits per heavy atom. The van der Waals surface area contributed by atoms with Crippen molar-refractivity contribution in [3.8, 4) is 22.8 Å². The van der Waals surface area contributed by atoms with Crippen molar-refractivity contribution in [2.75, 3.05) is 44.8 Å². The van der Waals surface area contributed by atoms with Crippen LogP contribution >= 0.6 is 11.6 Å². The molecule has 3 aliphatic rings. The second-order valence-electron chi connectivity index (χ2n) is 12.1. The molecule has 0 aliphatic carbocycles. The van der Waals surface area contributed by atoms with Gasteiger partial charge in [-0.25, -0.2) is 14.2 Å². The molecule has 0 saturated carbocycles. The number of phenolic OH excluding ortho intramolecular Hbond substituents is 1. The number of aromatic nitrogens is 1. The van der Waals surface area contributed by atoms with Crippen molar-refractivity contribution in [1.29, 1.82) is 0 Å². The molecule has 2 aromatic rings. The molecule has 2 atom stereocenters. The molecule has 5 rings (SSSR count). The molecular weight excluding hydrogens is 555 g/mol. The van der Waals surface area contributed by atoms with Gasteiger partial charge in [0.15, 0.2) is 5.75 Å². The van der Waals surface area contributed by atoms with E-state index in [2.05, 4.69) is 0 Å². The first kappa shape index (κ1) is 29.2. The van der Waals surface area contributed by atoms with Crippen LogP contribution < -0.4 is 9.64 Å². The van der Waals surface area contributed by atoms with Gasteiger partial charge in [-0.1, -0.05) is 17.7 Å². The standard InChI is InChI=1S/C29H36ClFN4O6/c1-28(2,3)41-27(38)33-12-13-34-16(14-33)15-40-24-21(26(34)37)25(35-11-10-19(39-6)29(35,4)5)32-23(22(24)30)20-17(31)8-7-9-18(20)36/h7-9,16,19,36H,10-15H2,1-6H3. The molecule has 2 amide bonds. The second kappa shape index (κ2) is 10.5. The minimum Gasteiger partial charge on any atom is -0.507 e. The number of rotatable bonds is 3. The lowest BCUT2D eigenvalue weighted by Crippen LogP contribution is -2.58. The number of aromatic hydroxyl groups is 1. The van der Waals surface area contributed by atoms with Gasteiger partial charge in [-0.05, 0) is 53.2 Å². The summed E-state index contributed by atoms with van der Waals surface area (Å²) in [6, 6.07) is 3.45. The summed E-state index contributed by atoms with van der Waals surface area (Å²) in [6.07, 6.45) is 0.0519. The van der Waals surface area contributed by atoms with E-state index in [4.69, 9.17) is 30.8 Å². The van der Waals surface area contributed by atoms with Crippen molar-refractivity contribution in [2.24, 2.45) is 0 Å². The normalized spacial score (nSPS) is 22.1. The number of phenols is 1. The summed E-state index contributed by atoms with van der Waals surface area (Å²) in [7, 11) is 1.64. The molecule has 1 N–H and O–H groups in total. The summed E-state index contributed by atoms with van der Waals surface area (Å²) in [5, 5.41) is 10.5. The van der Waals surface area contributed by atoms with Gasteiger partial charge in [0.1, 0.15) is 45.9 Å². The van der Waals surface area contributed by atoms with Crippen LogP contribution in [0.1, 0.15) is 51.4 Å². The number of fused-ring (bicyclic) bond motifs is 2. The van der Waals surface area contributed by atoms with E-state index in [1.807, 2.05) is 18.7 Å². The number of hydrogen-bond acceptors (Lipinski definition) is 8. The minimum absolute atomic E-state index is 0.0317. The van der Waals surface area contributed by atoms with Gasteiger partial charge in [-0.3, -0.25) is 4.79 Å². The van der Waals surface area contributed by atoms with Crippen LogP contribution in [0.2, 0.25) is 5.02 Å². The van der Waals surface area contributed by atoms with Crippen LogP contribution in [0, 0.1) is 5.82 Å². The van der Waals surface area contributed by atoms with E-state index in [1.165, 1.54) is 18.2 Å². The maximum Gasteiger partial charge on any atom is 0.410 e. The number of halogens is 2. The van der Waals surface area contributed by atoms with E-state index in [0.29, 0.717) is 13.0 Å². The van der Waals surface area contributed by atoms with E-state index >= 15 is 4.39 Å². The van der Waals surface area contributed by atoms with Crippen LogP contribution in [-0.4, -0.2) is 95.1 Å². The third-order valence-corrected chi connectivity index (χ3v) is 8.32. The highest BCUT2D eigenvalue weighted by Crippen LogP contribution is 2.48. The monoisotopic (exact) mass is 590 g/mol. The summed E-state index contributed by atoms with van der Waals surface area (Å²) in [6.45, 7) is 10.7. The van der Waals surface area contributed by atoms with Crippen molar-refractivity contribution in [1.82, 2.24) is 14.8 Å². The van der Waals surface area contributed by atoms with Crippen molar-refractivity contribution in [3.05, 3.63) is 34.6 Å². The van der Waals surface area contributed by atoms with E-state index in [0.717, 1.165) is 0 Å². The Morgan fingerprint density at radius 2 is 1.95 bits per heavy atom. The molecular formula is C29H36ClFN4O6. The number of anilines is 1. The van der Waals surface area contributed by atoms with Crippen LogP contribution in [0.3, 0.4) is 0 Å². The number of benzene rings is 1. The van der Waals surface area contributed by atoms with Gasteiger partial charge >= 0.3 is 6.09 Å². The first-order valence-electron chi connectivity index (χ1n) is 13.7. The lowest BCUT2D eigenvalue weighted by molar-refractivity contribution is 0.000950. The van der Waals surface area contributed by atoms with Gasteiger partial charge in [0.25, 0.3) is 5.91 Å². The van der Waals surface area contributed by atoms with Gasteiger partial charge in [0.05, 0.1) is 23.2 Å². The smallest absolute Gasteiger partial charge is 0.410 e. The summed E-state index contributed by atoms with van der Waals surface area (Å²) in [5.74, 6) is -1.07. The van der Waals surface area contributed by atoms with Crippen LogP contribution in [0.25, 0.3) is 11.3 Å². The predicted molar refractivity (Wildman–Crippen MR) is 151 cm³/mol. The minimum atomic E-state index is -0.717.